The lowest BCUT2D eigenvalue weighted by Gasteiger charge is -2.05. The van der Waals surface area contributed by atoms with Crippen molar-refractivity contribution in [3.8, 4) is 22.6 Å². The standard InChI is InChI=1S/C19H17FN4O5S/c20-5-12(6-21-18(25)26)7-24-19(27)23(10-22-24)8-15-3-14(9-30-15)13-1-2-16-17(4-13)29-11-28-16/h1-5,9-10,21H,6-8,11H2,(H,25,26)/b12-5+. The van der Waals surface area contributed by atoms with Gasteiger partial charge in [0, 0.05) is 11.4 Å². The van der Waals surface area contributed by atoms with Gasteiger partial charge in [0.2, 0.25) is 6.79 Å². The molecule has 11 heteroatoms. The van der Waals surface area contributed by atoms with Gasteiger partial charge in [-0.05, 0) is 40.3 Å². The lowest BCUT2D eigenvalue weighted by Crippen LogP contribution is -2.29. The van der Waals surface area contributed by atoms with E-state index >= 15 is 0 Å². The zero-order valence-corrected chi connectivity index (χ0v) is 16.4. The fourth-order valence-electron chi connectivity index (χ4n) is 2.96. The van der Waals surface area contributed by atoms with Gasteiger partial charge in [0.15, 0.2) is 11.5 Å². The number of aromatic nitrogens is 3. The molecule has 3 heterocycles. The Morgan fingerprint density at radius 3 is 2.93 bits per heavy atom. The van der Waals surface area contributed by atoms with Crippen LogP contribution < -0.4 is 20.5 Å². The molecule has 0 atom stereocenters. The molecule has 0 bridgehead atoms. The number of halogens is 1. The number of carboxylic acid groups (broad SMARTS) is 1. The highest BCUT2D eigenvalue weighted by molar-refractivity contribution is 7.10. The number of thiophene rings is 1. The van der Waals surface area contributed by atoms with Crippen LogP contribution in [0.2, 0.25) is 0 Å². The molecule has 0 unspecified atom stereocenters. The smallest absolute Gasteiger partial charge is 0.404 e. The van der Waals surface area contributed by atoms with Crippen LogP contribution in [-0.2, 0) is 13.1 Å². The van der Waals surface area contributed by atoms with Gasteiger partial charge < -0.3 is 19.9 Å². The Kier molecular flexibility index (Phi) is 5.53. The number of ether oxygens (including phenoxy) is 2. The average molecular weight is 432 g/mol. The molecular weight excluding hydrogens is 415 g/mol. The van der Waals surface area contributed by atoms with Crippen LogP contribution in [0.15, 0.2) is 52.7 Å². The van der Waals surface area contributed by atoms with Crippen molar-refractivity contribution in [3.05, 3.63) is 63.2 Å². The van der Waals surface area contributed by atoms with Gasteiger partial charge in [0.25, 0.3) is 0 Å². The molecule has 0 aliphatic carbocycles. The summed E-state index contributed by atoms with van der Waals surface area (Å²) in [7, 11) is 0. The molecule has 156 valence electrons. The number of fused-ring (bicyclic) bond motifs is 1. The molecule has 0 saturated carbocycles. The van der Waals surface area contributed by atoms with Crippen molar-refractivity contribution in [2.75, 3.05) is 13.3 Å². The molecule has 30 heavy (non-hydrogen) atoms. The minimum Gasteiger partial charge on any atom is -0.465 e. The molecule has 0 radical (unpaired) electrons. The summed E-state index contributed by atoms with van der Waals surface area (Å²) in [5.74, 6) is 1.42. The normalized spacial score (nSPS) is 12.9. The summed E-state index contributed by atoms with van der Waals surface area (Å²) in [6, 6.07) is 7.70. The Labute approximate surface area is 173 Å². The van der Waals surface area contributed by atoms with Crippen LogP contribution in [0, 0.1) is 0 Å². The number of hydrogen-bond donors (Lipinski definition) is 2. The van der Waals surface area contributed by atoms with Gasteiger partial charge in [-0.3, -0.25) is 4.57 Å². The quantitative estimate of drug-likeness (QED) is 0.594. The maximum atomic E-state index is 13.0. The van der Waals surface area contributed by atoms with Crippen molar-refractivity contribution in [1.82, 2.24) is 19.7 Å². The van der Waals surface area contributed by atoms with E-state index in [0.717, 1.165) is 20.7 Å². The minimum atomic E-state index is -1.27. The van der Waals surface area contributed by atoms with Gasteiger partial charge in [-0.1, -0.05) is 6.07 Å². The Hall–Kier alpha value is -3.60. The molecule has 4 rings (SSSR count). The van der Waals surface area contributed by atoms with E-state index in [1.165, 1.54) is 22.2 Å². The molecule has 1 amide bonds. The molecule has 1 aliphatic heterocycles. The van der Waals surface area contributed by atoms with Crippen molar-refractivity contribution < 1.29 is 23.8 Å². The number of nitrogens with zero attached hydrogens (tertiary/aromatic N) is 3. The number of amides is 1. The molecule has 2 N–H and O–H groups in total. The van der Waals surface area contributed by atoms with Gasteiger partial charge in [0.1, 0.15) is 6.33 Å². The summed E-state index contributed by atoms with van der Waals surface area (Å²) in [5, 5.41) is 16.7. The van der Waals surface area contributed by atoms with Crippen LogP contribution in [0.5, 0.6) is 11.5 Å². The number of rotatable bonds is 7. The lowest BCUT2D eigenvalue weighted by atomic mass is 10.1. The highest BCUT2D eigenvalue weighted by atomic mass is 32.1. The summed E-state index contributed by atoms with van der Waals surface area (Å²) in [4.78, 5) is 24.0. The Balaban J connectivity index is 1.46. The van der Waals surface area contributed by atoms with Crippen molar-refractivity contribution in [2.45, 2.75) is 13.1 Å². The zero-order valence-electron chi connectivity index (χ0n) is 15.6. The first-order valence-electron chi connectivity index (χ1n) is 8.88. The SMILES string of the molecule is O=C(O)NC/C(=C\F)Cn1ncn(Cc2cc(-c3ccc4c(c3)OCO4)cs2)c1=O. The number of benzene rings is 1. The summed E-state index contributed by atoms with van der Waals surface area (Å²) in [6.45, 7) is 0.160. The molecule has 0 fully saturated rings. The third-order valence-corrected chi connectivity index (χ3v) is 5.38. The van der Waals surface area contributed by atoms with E-state index in [0.29, 0.717) is 18.0 Å². The second-order valence-corrected chi connectivity index (χ2v) is 7.49. The maximum absolute atomic E-state index is 13.0. The first kappa shape index (κ1) is 19.7. The van der Waals surface area contributed by atoms with Gasteiger partial charge in [-0.2, -0.15) is 5.10 Å². The van der Waals surface area contributed by atoms with E-state index in [1.807, 2.05) is 29.6 Å². The van der Waals surface area contributed by atoms with Crippen LogP contribution >= 0.6 is 11.3 Å². The monoisotopic (exact) mass is 432 g/mol. The Morgan fingerprint density at radius 2 is 2.13 bits per heavy atom. The highest BCUT2D eigenvalue weighted by Crippen LogP contribution is 2.37. The highest BCUT2D eigenvalue weighted by Gasteiger charge is 2.15. The van der Waals surface area contributed by atoms with Gasteiger partial charge in [-0.25, -0.2) is 18.7 Å². The largest absolute Gasteiger partial charge is 0.465 e. The maximum Gasteiger partial charge on any atom is 0.404 e. The molecule has 2 aromatic heterocycles. The van der Waals surface area contributed by atoms with Crippen LogP contribution in [0.3, 0.4) is 0 Å². The first-order chi connectivity index (χ1) is 14.5. The molecule has 1 aromatic carbocycles. The number of carbonyl (C=O) groups is 1. The molecule has 9 nitrogen and oxygen atoms in total. The third kappa shape index (κ3) is 4.20. The minimum absolute atomic E-state index is 0.0889. The summed E-state index contributed by atoms with van der Waals surface area (Å²) < 4.78 is 26.2. The van der Waals surface area contributed by atoms with Gasteiger partial charge in [-0.15, -0.1) is 11.3 Å². The Morgan fingerprint density at radius 1 is 1.30 bits per heavy atom. The van der Waals surface area contributed by atoms with Crippen molar-refractivity contribution >= 4 is 17.4 Å². The van der Waals surface area contributed by atoms with Gasteiger partial charge >= 0.3 is 11.8 Å². The second kappa shape index (κ2) is 8.41. The summed E-state index contributed by atoms with van der Waals surface area (Å²) in [6.07, 6.45) is 0.379. The van der Waals surface area contributed by atoms with E-state index in [2.05, 4.69) is 10.4 Å². The topological polar surface area (TPSA) is 108 Å². The lowest BCUT2D eigenvalue weighted by molar-refractivity contribution is 0.174. The Bertz CT molecular complexity index is 1170. The molecule has 1 aliphatic rings. The average Bonchev–Trinajstić information content (AvgIpc) is 3.46. The van der Waals surface area contributed by atoms with Crippen molar-refractivity contribution in [1.29, 1.82) is 0 Å². The van der Waals surface area contributed by atoms with Crippen LogP contribution in [0.25, 0.3) is 11.1 Å². The number of hydrogen-bond acceptors (Lipinski definition) is 6. The molecular formula is C19H17FN4O5S. The van der Waals surface area contributed by atoms with Crippen molar-refractivity contribution in [2.24, 2.45) is 0 Å². The summed E-state index contributed by atoms with van der Waals surface area (Å²) in [5.41, 5.74) is 1.65. The predicted molar refractivity (Wildman–Crippen MR) is 107 cm³/mol. The van der Waals surface area contributed by atoms with E-state index in [4.69, 9.17) is 14.6 Å². The van der Waals surface area contributed by atoms with E-state index in [1.54, 1.807) is 0 Å². The first-order valence-corrected chi connectivity index (χ1v) is 9.76. The fourth-order valence-corrected chi connectivity index (χ4v) is 3.85. The fraction of sp³-hybridized carbons (Fsp3) is 0.211. The van der Waals surface area contributed by atoms with Gasteiger partial charge in [0.05, 0.1) is 19.4 Å². The molecule has 0 spiro atoms. The van der Waals surface area contributed by atoms with Crippen LogP contribution in [0.4, 0.5) is 9.18 Å². The molecule has 3 aromatic rings. The zero-order chi connectivity index (χ0) is 21.1. The number of nitrogens with one attached hydrogen (secondary N) is 1. The molecule has 0 saturated heterocycles. The third-order valence-electron chi connectivity index (χ3n) is 4.46. The van der Waals surface area contributed by atoms with Crippen LogP contribution in [-0.4, -0.2) is 38.9 Å². The van der Waals surface area contributed by atoms with E-state index in [-0.39, 0.29) is 31.8 Å². The van der Waals surface area contributed by atoms with E-state index < -0.39 is 11.8 Å². The van der Waals surface area contributed by atoms with E-state index in [9.17, 15) is 14.0 Å². The van der Waals surface area contributed by atoms with Crippen LogP contribution in [0.1, 0.15) is 4.88 Å². The second-order valence-electron chi connectivity index (χ2n) is 6.49. The summed E-state index contributed by atoms with van der Waals surface area (Å²) >= 11 is 1.50. The van der Waals surface area contributed by atoms with Crippen molar-refractivity contribution in [3.63, 3.8) is 0 Å². The predicted octanol–water partition coefficient (Wildman–Crippen LogP) is 2.67.